The molecule has 0 saturated carbocycles. The molecule has 0 saturated heterocycles. The molecule has 0 bridgehead atoms. The number of carbonyl (C=O) groups is 1. The highest BCUT2D eigenvalue weighted by molar-refractivity contribution is 7.92. The number of nitrogens with zero attached hydrogens (tertiary/aromatic N) is 2. The molecule has 1 heterocycles. The Labute approximate surface area is 150 Å². The smallest absolute Gasteiger partial charge is 0.337 e. The largest absolute Gasteiger partial charge is 0.465 e. The lowest BCUT2D eigenvalue weighted by Crippen LogP contribution is -2.13. The van der Waals surface area contributed by atoms with Crippen molar-refractivity contribution in [3.8, 4) is 11.4 Å². The summed E-state index contributed by atoms with van der Waals surface area (Å²) in [5.41, 5.74) is 1.34. The molecule has 26 heavy (non-hydrogen) atoms. The number of aromatic nitrogens is 2. The zero-order chi connectivity index (χ0) is 18.6. The highest BCUT2D eigenvalue weighted by Crippen LogP contribution is 2.18. The van der Waals surface area contributed by atoms with Crippen molar-refractivity contribution in [1.82, 2.24) is 9.97 Å². The number of carbonyl (C=O) groups excluding carboxylic acids is 1. The third-order valence-electron chi connectivity index (χ3n) is 3.52. The van der Waals surface area contributed by atoms with Gasteiger partial charge in [-0.1, -0.05) is 30.3 Å². The van der Waals surface area contributed by atoms with Crippen LogP contribution in [0, 0.1) is 0 Å². The molecule has 7 nitrogen and oxygen atoms in total. The first-order valence-corrected chi connectivity index (χ1v) is 9.06. The molecule has 0 unspecified atom stereocenters. The van der Waals surface area contributed by atoms with Gasteiger partial charge in [0.25, 0.3) is 10.0 Å². The fraction of sp³-hybridized carbons (Fsp3) is 0.0556. The topological polar surface area (TPSA) is 98.2 Å². The van der Waals surface area contributed by atoms with Gasteiger partial charge in [0.1, 0.15) is 0 Å². The molecule has 1 N–H and O–H groups in total. The molecule has 0 aliphatic carbocycles. The standard InChI is InChI=1S/C18H15N3O4S/c1-25-18(22)14-7-9-16(10-8-14)26(23,24)21-15-11-19-17(20-12-15)13-5-3-2-4-6-13/h2-12,21H,1H3. The second-order valence-corrected chi connectivity index (χ2v) is 6.97. The van der Waals surface area contributed by atoms with E-state index in [4.69, 9.17) is 0 Å². The molecule has 0 spiro atoms. The maximum absolute atomic E-state index is 12.4. The molecule has 0 atom stereocenters. The van der Waals surface area contributed by atoms with Crippen LogP contribution in [0.15, 0.2) is 71.9 Å². The Hall–Kier alpha value is -3.26. The molecule has 3 rings (SSSR count). The molecule has 0 aliphatic heterocycles. The lowest BCUT2D eigenvalue weighted by atomic mass is 10.2. The van der Waals surface area contributed by atoms with Crippen LogP contribution in [0.5, 0.6) is 0 Å². The maximum Gasteiger partial charge on any atom is 0.337 e. The molecule has 0 radical (unpaired) electrons. The minimum atomic E-state index is -3.82. The van der Waals surface area contributed by atoms with E-state index in [1.54, 1.807) is 0 Å². The highest BCUT2D eigenvalue weighted by atomic mass is 32.2. The van der Waals surface area contributed by atoms with Gasteiger partial charge in [-0.25, -0.2) is 23.2 Å². The Kier molecular flexibility index (Phi) is 4.94. The number of anilines is 1. The summed E-state index contributed by atoms with van der Waals surface area (Å²) >= 11 is 0. The monoisotopic (exact) mass is 369 g/mol. The number of nitrogens with one attached hydrogen (secondary N) is 1. The molecule has 1 aromatic heterocycles. The van der Waals surface area contributed by atoms with Crippen molar-refractivity contribution in [2.24, 2.45) is 0 Å². The zero-order valence-corrected chi connectivity index (χ0v) is 14.6. The molecule has 132 valence electrons. The molecule has 0 aliphatic rings. The Balaban J connectivity index is 1.78. The van der Waals surface area contributed by atoms with Crippen molar-refractivity contribution >= 4 is 21.7 Å². The quantitative estimate of drug-likeness (QED) is 0.695. The summed E-state index contributed by atoms with van der Waals surface area (Å²) in [6.07, 6.45) is 2.80. The summed E-state index contributed by atoms with van der Waals surface area (Å²) in [7, 11) is -2.56. The molecule has 3 aromatic rings. The van der Waals surface area contributed by atoms with Crippen molar-refractivity contribution in [3.63, 3.8) is 0 Å². The van der Waals surface area contributed by atoms with E-state index in [1.807, 2.05) is 30.3 Å². The average Bonchev–Trinajstić information content (AvgIpc) is 2.68. The molecule has 2 aromatic carbocycles. The van der Waals surface area contributed by atoms with Gasteiger partial charge in [-0.3, -0.25) is 4.72 Å². The van der Waals surface area contributed by atoms with Gasteiger partial charge in [0.2, 0.25) is 0 Å². The summed E-state index contributed by atoms with van der Waals surface area (Å²) in [6, 6.07) is 14.8. The van der Waals surface area contributed by atoms with Gasteiger partial charge in [0.05, 0.1) is 35.6 Å². The van der Waals surface area contributed by atoms with Gasteiger partial charge in [0.15, 0.2) is 5.82 Å². The first kappa shape index (κ1) is 17.6. The summed E-state index contributed by atoms with van der Waals surface area (Å²) in [5, 5.41) is 0. The van der Waals surface area contributed by atoms with E-state index in [0.29, 0.717) is 5.82 Å². The number of hydrogen-bond donors (Lipinski definition) is 1. The predicted octanol–water partition coefficient (Wildman–Crippen LogP) is 2.73. The number of methoxy groups -OCH3 is 1. The van der Waals surface area contributed by atoms with E-state index in [2.05, 4.69) is 19.4 Å². The van der Waals surface area contributed by atoms with Crippen LogP contribution in [-0.4, -0.2) is 31.5 Å². The number of rotatable bonds is 5. The van der Waals surface area contributed by atoms with Crippen molar-refractivity contribution < 1.29 is 17.9 Å². The molecule has 8 heteroatoms. The third kappa shape index (κ3) is 3.86. The molecule has 0 amide bonds. The fourth-order valence-corrected chi connectivity index (χ4v) is 3.25. The average molecular weight is 369 g/mol. The number of sulfonamides is 1. The molecular weight excluding hydrogens is 354 g/mol. The van der Waals surface area contributed by atoms with E-state index in [9.17, 15) is 13.2 Å². The van der Waals surface area contributed by atoms with Crippen LogP contribution < -0.4 is 4.72 Å². The van der Waals surface area contributed by atoms with E-state index in [0.717, 1.165) is 5.56 Å². The van der Waals surface area contributed by atoms with Gasteiger partial charge in [-0.15, -0.1) is 0 Å². The SMILES string of the molecule is COC(=O)c1ccc(S(=O)(=O)Nc2cnc(-c3ccccc3)nc2)cc1. The van der Waals surface area contributed by atoms with E-state index in [1.165, 1.54) is 43.8 Å². The Bertz CT molecular complexity index is 1000. The Morgan fingerprint density at radius 2 is 1.58 bits per heavy atom. The predicted molar refractivity (Wildman–Crippen MR) is 96.1 cm³/mol. The van der Waals surface area contributed by atoms with Crippen LogP contribution in [0.2, 0.25) is 0 Å². The van der Waals surface area contributed by atoms with Gasteiger partial charge in [0, 0.05) is 5.56 Å². The normalized spacial score (nSPS) is 11.0. The molecule has 0 fully saturated rings. The third-order valence-corrected chi connectivity index (χ3v) is 4.92. The van der Waals surface area contributed by atoms with Crippen LogP contribution in [0.1, 0.15) is 10.4 Å². The van der Waals surface area contributed by atoms with E-state index < -0.39 is 16.0 Å². The number of ether oxygens (including phenoxy) is 1. The lowest BCUT2D eigenvalue weighted by molar-refractivity contribution is 0.0600. The van der Waals surface area contributed by atoms with Crippen LogP contribution >= 0.6 is 0 Å². The van der Waals surface area contributed by atoms with Crippen LogP contribution in [0.3, 0.4) is 0 Å². The minimum Gasteiger partial charge on any atom is -0.465 e. The summed E-state index contributed by atoms with van der Waals surface area (Å²) in [5.74, 6) is -0.0391. The second kappa shape index (κ2) is 7.32. The summed E-state index contributed by atoms with van der Waals surface area (Å²) in [6.45, 7) is 0. The van der Waals surface area contributed by atoms with Crippen LogP contribution in [-0.2, 0) is 14.8 Å². The second-order valence-electron chi connectivity index (χ2n) is 5.28. The van der Waals surface area contributed by atoms with E-state index in [-0.39, 0.29) is 16.1 Å². The van der Waals surface area contributed by atoms with Gasteiger partial charge in [-0.2, -0.15) is 0 Å². The van der Waals surface area contributed by atoms with Gasteiger partial charge >= 0.3 is 5.97 Å². The fourth-order valence-electron chi connectivity index (χ4n) is 2.22. The van der Waals surface area contributed by atoms with Crippen molar-refractivity contribution in [2.75, 3.05) is 11.8 Å². The number of esters is 1. The number of hydrogen-bond acceptors (Lipinski definition) is 6. The zero-order valence-electron chi connectivity index (χ0n) is 13.8. The highest BCUT2D eigenvalue weighted by Gasteiger charge is 2.16. The number of benzene rings is 2. The van der Waals surface area contributed by atoms with Crippen molar-refractivity contribution in [1.29, 1.82) is 0 Å². The Morgan fingerprint density at radius 3 is 2.15 bits per heavy atom. The Morgan fingerprint density at radius 1 is 0.962 bits per heavy atom. The summed E-state index contributed by atoms with van der Waals surface area (Å²) in [4.78, 5) is 19.8. The first-order valence-electron chi connectivity index (χ1n) is 7.58. The first-order chi connectivity index (χ1) is 12.5. The van der Waals surface area contributed by atoms with Crippen molar-refractivity contribution in [3.05, 3.63) is 72.6 Å². The van der Waals surface area contributed by atoms with Gasteiger partial charge < -0.3 is 4.74 Å². The van der Waals surface area contributed by atoms with Crippen LogP contribution in [0.25, 0.3) is 11.4 Å². The van der Waals surface area contributed by atoms with Crippen LogP contribution in [0.4, 0.5) is 5.69 Å². The van der Waals surface area contributed by atoms with Crippen molar-refractivity contribution in [2.45, 2.75) is 4.90 Å². The lowest BCUT2D eigenvalue weighted by Gasteiger charge is -2.08. The summed E-state index contributed by atoms with van der Waals surface area (Å²) < 4.78 is 31.8. The van der Waals surface area contributed by atoms with Gasteiger partial charge in [-0.05, 0) is 24.3 Å². The maximum atomic E-state index is 12.4. The minimum absolute atomic E-state index is 0.0114. The molecular formula is C18H15N3O4S. The van der Waals surface area contributed by atoms with E-state index >= 15 is 0 Å².